The molecule has 3 rings (SSSR count). The Labute approximate surface area is 163 Å². The largest absolute Gasteiger partial charge is 0.545 e. The minimum Gasteiger partial charge on any atom is -0.545 e. The van der Waals surface area contributed by atoms with E-state index >= 15 is 0 Å². The molecule has 1 N–H and O–H groups in total. The fraction of sp³-hybridized carbons (Fsp3) is 0.350. The van der Waals surface area contributed by atoms with Gasteiger partial charge in [0.15, 0.2) is 0 Å². The Hall–Kier alpha value is -3.13. The van der Waals surface area contributed by atoms with Crippen molar-refractivity contribution < 1.29 is 24.5 Å². The highest BCUT2D eigenvalue weighted by Gasteiger charge is 2.14. The molecule has 8 nitrogen and oxygen atoms in total. The van der Waals surface area contributed by atoms with Gasteiger partial charge in [0.1, 0.15) is 6.61 Å². The summed E-state index contributed by atoms with van der Waals surface area (Å²) in [6.45, 7) is 6.17. The van der Waals surface area contributed by atoms with Gasteiger partial charge in [-0.05, 0) is 50.6 Å². The number of aromatic nitrogens is 2. The summed E-state index contributed by atoms with van der Waals surface area (Å²) < 4.78 is 5.82. The van der Waals surface area contributed by atoms with Crippen molar-refractivity contribution in [3.63, 3.8) is 0 Å². The second-order valence-corrected chi connectivity index (χ2v) is 6.26. The van der Waals surface area contributed by atoms with Gasteiger partial charge in [-0.25, -0.2) is 0 Å². The molecule has 0 spiro atoms. The highest BCUT2D eigenvalue weighted by atomic mass is 16.5. The van der Waals surface area contributed by atoms with Crippen LogP contribution in [0.25, 0.3) is 11.3 Å². The van der Waals surface area contributed by atoms with Crippen LogP contribution in [0.3, 0.4) is 0 Å². The summed E-state index contributed by atoms with van der Waals surface area (Å²) in [5.41, 5.74) is 3.27. The summed E-state index contributed by atoms with van der Waals surface area (Å²) >= 11 is 0. The Morgan fingerprint density at radius 1 is 1.14 bits per heavy atom. The number of hydrogen-bond donors (Lipinski definition) is 1. The number of likely N-dealkylation sites (tertiary alicyclic amines) is 1. The van der Waals surface area contributed by atoms with E-state index in [0.29, 0.717) is 18.8 Å². The molecule has 1 aromatic heterocycles. The maximum atomic E-state index is 9.41. The van der Waals surface area contributed by atoms with Crippen molar-refractivity contribution in [3.8, 4) is 17.1 Å². The Morgan fingerprint density at radius 3 is 2.32 bits per heavy atom. The first-order valence-corrected chi connectivity index (χ1v) is 9.03. The van der Waals surface area contributed by atoms with Crippen molar-refractivity contribution in [3.05, 3.63) is 48.0 Å². The highest BCUT2D eigenvalue weighted by Crippen LogP contribution is 2.26. The molecular weight excluding hydrogens is 362 g/mol. The van der Waals surface area contributed by atoms with Crippen LogP contribution in [-0.4, -0.2) is 53.3 Å². The van der Waals surface area contributed by atoms with Gasteiger partial charge in [0.05, 0.1) is 17.6 Å². The summed E-state index contributed by atoms with van der Waals surface area (Å²) in [6, 6.07) is 10.2. The number of carbonyl (C=O) groups is 2. The molecule has 2 aromatic rings. The molecule has 1 aromatic carbocycles. The van der Waals surface area contributed by atoms with Gasteiger partial charge < -0.3 is 24.5 Å². The number of rotatable bonds is 7. The predicted molar refractivity (Wildman–Crippen MR) is 99.1 cm³/mol. The third-order valence-electron chi connectivity index (χ3n) is 4.23. The Balaban J connectivity index is 0.000000300. The lowest BCUT2D eigenvalue weighted by atomic mass is 10.1. The maximum Gasteiger partial charge on any atom is 0.236 e. The van der Waals surface area contributed by atoms with Crippen LogP contribution in [0, 0.1) is 6.92 Å². The van der Waals surface area contributed by atoms with Gasteiger partial charge in [-0.2, -0.15) is 0 Å². The van der Waals surface area contributed by atoms with Gasteiger partial charge in [0.2, 0.25) is 5.88 Å². The zero-order valence-electron chi connectivity index (χ0n) is 15.7. The molecule has 28 heavy (non-hydrogen) atoms. The van der Waals surface area contributed by atoms with Crippen LogP contribution in [0.2, 0.25) is 0 Å². The number of hydrogen-bond acceptors (Lipinski definition) is 7. The van der Waals surface area contributed by atoms with Crippen molar-refractivity contribution in [1.82, 2.24) is 15.1 Å². The lowest BCUT2D eigenvalue weighted by Gasteiger charge is -2.14. The van der Waals surface area contributed by atoms with E-state index in [9.17, 15) is 19.8 Å². The summed E-state index contributed by atoms with van der Waals surface area (Å²) in [6.07, 6.45) is 3.41. The van der Waals surface area contributed by atoms with Crippen LogP contribution in [0.1, 0.15) is 18.4 Å². The summed E-state index contributed by atoms with van der Waals surface area (Å²) in [4.78, 5) is 21.3. The number of nitrogens with zero attached hydrogens (tertiary/aromatic N) is 2. The van der Waals surface area contributed by atoms with Crippen molar-refractivity contribution in [2.24, 2.45) is 0 Å². The first-order valence-electron chi connectivity index (χ1n) is 9.03. The van der Waals surface area contributed by atoms with E-state index in [4.69, 9.17) is 4.74 Å². The third kappa shape index (κ3) is 6.88. The van der Waals surface area contributed by atoms with Crippen molar-refractivity contribution in [2.75, 3.05) is 26.2 Å². The van der Waals surface area contributed by atoms with Crippen molar-refractivity contribution in [1.29, 1.82) is 0 Å². The molecule has 0 saturated carbocycles. The van der Waals surface area contributed by atoms with E-state index in [1.54, 1.807) is 0 Å². The average Bonchev–Trinajstić information content (AvgIpc) is 3.32. The van der Waals surface area contributed by atoms with Crippen LogP contribution in [0.4, 0.5) is 0 Å². The maximum absolute atomic E-state index is 9.41. The van der Waals surface area contributed by atoms with Crippen molar-refractivity contribution >= 4 is 11.9 Å². The monoisotopic (exact) mass is 385 g/mol. The normalized spacial score (nSPS) is 13.9. The Morgan fingerprint density at radius 2 is 1.75 bits per heavy atom. The van der Waals surface area contributed by atoms with Crippen LogP contribution in [0.5, 0.6) is 5.88 Å². The van der Waals surface area contributed by atoms with Gasteiger partial charge in [-0.3, -0.25) is 10.00 Å². The van der Waals surface area contributed by atoms with Crippen LogP contribution < -0.4 is 14.9 Å². The molecule has 150 valence electrons. The molecule has 1 fully saturated rings. The van der Waals surface area contributed by atoms with Crippen LogP contribution in [-0.2, 0) is 9.59 Å². The minimum atomic E-state index is -1.55. The fourth-order valence-electron chi connectivity index (χ4n) is 2.82. The first-order chi connectivity index (χ1) is 13.5. The smallest absolute Gasteiger partial charge is 0.236 e. The number of nitrogens with one attached hydrogen (secondary N) is 1. The van der Waals surface area contributed by atoms with Crippen LogP contribution in [0.15, 0.2) is 42.5 Å². The standard InChI is InChI=1S/C16H21N3O.C4H4O4/c1-13-15(14-7-3-2-4-8-14)17-18-16(13)20-12-11-19-9-5-6-10-19;5-3(6)1-2-4(7)8/h2-4,7-8H,5-6,9-12H2,1H3,(H,17,18);1-2H,(H,5,6)(H,7,8)/p-2/b;2-1-. The Bertz CT molecular complexity index is 779. The first kappa shape index (κ1) is 21.2. The van der Waals surface area contributed by atoms with Gasteiger partial charge >= 0.3 is 0 Å². The number of carboxylic acids is 2. The molecule has 0 amide bonds. The van der Waals surface area contributed by atoms with E-state index in [-0.39, 0.29) is 0 Å². The van der Waals surface area contributed by atoms with E-state index in [0.717, 1.165) is 29.2 Å². The lowest BCUT2D eigenvalue weighted by molar-refractivity contribution is -0.301. The second kappa shape index (κ2) is 10.9. The minimum absolute atomic E-state index is 0.384. The van der Waals surface area contributed by atoms with Gasteiger partial charge in [0, 0.05) is 12.1 Å². The van der Waals surface area contributed by atoms with Gasteiger partial charge in [-0.1, -0.05) is 30.3 Å². The van der Waals surface area contributed by atoms with E-state index < -0.39 is 11.9 Å². The summed E-state index contributed by atoms with van der Waals surface area (Å²) in [5.74, 6) is -2.37. The number of benzene rings is 1. The number of carbonyl (C=O) groups excluding carboxylic acids is 2. The molecule has 0 bridgehead atoms. The van der Waals surface area contributed by atoms with E-state index in [1.807, 2.05) is 18.2 Å². The molecule has 8 heteroatoms. The SMILES string of the molecule is Cc1c(OCCN2CCCC2)n[nH]c1-c1ccccc1.O=C([O-])/C=C\C(=O)[O-]. The zero-order valence-corrected chi connectivity index (χ0v) is 15.7. The zero-order chi connectivity index (χ0) is 20.4. The van der Waals surface area contributed by atoms with Crippen molar-refractivity contribution in [2.45, 2.75) is 19.8 Å². The summed E-state index contributed by atoms with van der Waals surface area (Å²) in [5, 5.41) is 26.2. The quantitative estimate of drug-likeness (QED) is 0.661. The van der Waals surface area contributed by atoms with Gasteiger partial charge in [-0.15, -0.1) is 5.10 Å². The molecule has 0 unspecified atom stereocenters. The topological polar surface area (TPSA) is 121 Å². The predicted octanol–water partition coefficient (Wildman–Crippen LogP) is -0.0979. The van der Waals surface area contributed by atoms with E-state index in [2.05, 4.69) is 34.2 Å². The lowest BCUT2D eigenvalue weighted by Crippen LogP contribution is -2.25. The molecule has 0 radical (unpaired) electrons. The Kier molecular flexibility index (Phi) is 8.23. The number of carboxylic acid groups (broad SMARTS) is 2. The van der Waals surface area contributed by atoms with E-state index in [1.165, 1.54) is 25.9 Å². The molecule has 1 aliphatic heterocycles. The molecule has 2 heterocycles. The number of ether oxygens (including phenoxy) is 1. The number of aliphatic carboxylic acids is 2. The van der Waals surface area contributed by atoms with Crippen LogP contribution >= 0.6 is 0 Å². The average molecular weight is 385 g/mol. The summed E-state index contributed by atoms with van der Waals surface area (Å²) in [7, 11) is 0. The molecule has 1 aliphatic rings. The van der Waals surface area contributed by atoms with Gasteiger partial charge in [0.25, 0.3) is 0 Å². The number of H-pyrrole nitrogens is 1. The highest BCUT2D eigenvalue weighted by molar-refractivity contribution is 5.87. The molecule has 0 atom stereocenters. The third-order valence-corrected chi connectivity index (χ3v) is 4.23. The molecule has 0 aliphatic carbocycles. The second-order valence-electron chi connectivity index (χ2n) is 6.26. The number of aromatic amines is 1. The molecular formula is C20H23N3O5-2. The molecule has 1 saturated heterocycles. The fourth-order valence-corrected chi connectivity index (χ4v) is 2.82.